The number of anilines is 2. The van der Waals surface area contributed by atoms with E-state index in [2.05, 4.69) is 25.4 Å². The molecule has 5 rings (SSSR count). The number of rotatable bonds is 5. The molecule has 0 atom stereocenters. The molecule has 5 aromatic rings. The third-order valence-corrected chi connectivity index (χ3v) is 5.03. The molecule has 0 radical (unpaired) electrons. The van der Waals surface area contributed by atoms with E-state index in [0.29, 0.717) is 29.0 Å². The minimum atomic E-state index is 0.470. The van der Waals surface area contributed by atoms with Crippen LogP contribution in [0.15, 0.2) is 43.4 Å². The van der Waals surface area contributed by atoms with Crippen LogP contribution >= 0.6 is 0 Å². The molecule has 0 saturated heterocycles. The maximum Gasteiger partial charge on any atom is 0.218 e. The molecule has 0 amide bonds. The summed E-state index contributed by atoms with van der Waals surface area (Å²) in [5.41, 5.74) is 3.61. The van der Waals surface area contributed by atoms with Gasteiger partial charge < -0.3 is 14.6 Å². The van der Waals surface area contributed by atoms with Gasteiger partial charge >= 0.3 is 0 Å². The fraction of sp³-hybridized carbons (Fsp3) is 0.200. The molecule has 0 bridgehead atoms. The molecule has 0 saturated carbocycles. The summed E-state index contributed by atoms with van der Waals surface area (Å²) in [5, 5.41) is 12.6. The second kappa shape index (κ2) is 7.20. The summed E-state index contributed by atoms with van der Waals surface area (Å²) in [6.45, 7) is 2.02. The first-order chi connectivity index (χ1) is 15.0. The van der Waals surface area contributed by atoms with Gasteiger partial charge in [-0.1, -0.05) is 0 Å². The fourth-order valence-corrected chi connectivity index (χ4v) is 3.48. The van der Waals surface area contributed by atoms with Crippen molar-refractivity contribution in [2.75, 3.05) is 12.4 Å². The fourth-order valence-electron chi connectivity index (χ4n) is 3.48. The number of nitrogens with one attached hydrogen (secondary N) is 1. The van der Waals surface area contributed by atoms with E-state index in [0.717, 1.165) is 22.3 Å². The van der Waals surface area contributed by atoms with Crippen molar-refractivity contribution in [3.63, 3.8) is 0 Å². The van der Waals surface area contributed by atoms with Crippen LogP contribution in [0.1, 0.15) is 5.56 Å². The van der Waals surface area contributed by atoms with Gasteiger partial charge in [0, 0.05) is 44.4 Å². The van der Waals surface area contributed by atoms with Gasteiger partial charge in [-0.15, -0.1) is 5.10 Å². The number of hydrogen-bond donors (Lipinski definition) is 1. The maximum atomic E-state index is 5.39. The summed E-state index contributed by atoms with van der Waals surface area (Å²) in [4.78, 5) is 17.5. The van der Waals surface area contributed by atoms with Crippen LogP contribution in [0, 0.1) is 6.92 Å². The standard InChI is InChI=1S/C20H20N10O/c1-12-13(14-5-7-29(3)26-14)10-30-16(12)18(24-17-15(31-4)9-21-11-23-17)25-19(27-30)20-22-6-8-28(20)2/h5-11H,1-4H3,(H,21,23,24,25,27). The first-order valence-electron chi connectivity index (χ1n) is 9.54. The highest BCUT2D eigenvalue weighted by molar-refractivity contribution is 5.84. The lowest BCUT2D eigenvalue weighted by Crippen LogP contribution is -2.07. The van der Waals surface area contributed by atoms with Crippen molar-refractivity contribution in [3.8, 4) is 28.7 Å². The van der Waals surface area contributed by atoms with E-state index < -0.39 is 0 Å². The van der Waals surface area contributed by atoms with Gasteiger partial charge in [-0.3, -0.25) is 4.68 Å². The first kappa shape index (κ1) is 18.7. The molecule has 0 unspecified atom stereocenters. The van der Waals surface area contributed by atoms with Crippen LogP contribution in [0.3, 0.4) is 0 Å². The Morgan fingerprint density at radius 3 is 2.65 bits per heavy atom. The van der Waals surface area contributed by atoms with Crippen LogP contribution in [0.4, 0.5) is 11.6 Å². The lowest BCUT2D eigenvalue weighted by molar-refractivity contribution is 0.413. The van der Waals surface area contributed by atoms with Crippen LogP contribution in [-0.2, 0) is 14.1 Å². The van der Waals surface area contributed by atoms with Crippen LogP contribution in [0.2, 0.25) is 0 Å². The van der Waals surface area contributed by atoms with Gasteiger partial charge in [0.25, 0.3) is 0 Å². The van der Waals surface area contributed by atoms with Gasteiger partial charge in [0.15, 0.2) is 23.2 Å². The molecule has 156 valence electrons. The van der Waals surface area contributed by atoms with Crippen LogP contribution in [-0.4, -0.2) is 51.0 Å². The van der Waals surface area contributed by atoms with Gasteiger partial charge in [-0.05, 0) is 18.6 Å². The van der Waals surface area contributed by atoms with Gasteiger partial charge in [0.2, 0.25) is 5.82 Å². The van der Waals surface area contributed by atoms with E-state index in [1.54, 1.807) is 28.7 Å². The third kappa shape index (κ3) is 3.16. The van der Waals surface area contributed by atoms with E-state index >= 15 is 0 Å². The first-order valence-corrected chi connectivity index (χ1v) is 9.54. The molecule has 11 heteroatoms. The number of methoxy groups -OCH3 is 1. The number of hydrogen-bond acceptors (Lipinski definition) is 8. The highest BCUT2D eigenvalue weighted by Crippen LogP contribution is 2.33. The second-order valence-electron chi connectivity index (χ2n) is 7.05. The van der Waals surface area contributed by atoms with Crippen molar-refractivity contribution in [3.05, 3.63) is 48.9 Å². The molecule has 0 aliphatic rings. The van der Waals surface area contributed by atoms with Crippen LogP contribution in [0.25, 0.3) is 28.4 Å². The number of ether oxygens (including phenoxy) is 1. The average molecular weight is 416 g/mol. The van der Waals surface area contributed by atoms with Crippen molar-refractivity contribution < 1.29 is 4.74 Å². The number of aromatic nitrogens is 9. The number of aryl methyl sites for hydroxylation is 3. The summed E-state index contributed by atoms with van der Waals surface area (Å²) < 4.78 is 10.8. The smallest absolute Gasteiger partial charge is 0.218 e. The van der Waals surface area contributed by atoms with E-state index in [9.17, 15) is 0 Å². The Hall–Kier alpha value is -4.28. The van der Waals surface area contributed by atoms with Crippen LogP contribution < -0.4 is 10.1 Å². The maximum absolute atomic E-state index is 5.39. The Morgan fingerprint density at radius 1 is 1.06 bits per heavy atom. The predicted molar refractivity (Wildman–Crippen MR) is 114 cm³/mol. The average Bonchev–Trinajstić information content (AvgIpc) is 3.47. The molecule has 0 aliphatic carbocycles. The molecule has 1 N–H and O–H groups in total. The largest absolute Gasteiger partial charge is 0.491 e. The molecule has 0 aromatic carbocycles. The van der Waals surface area contributed by atoms with Gasteiger partial charge in [0.05, 0.1) is 19.0 Å². The molecule has 31 heavy (non-hydrogen) atoms. The molecule has 5 heterocycles. The zero-order valence-corrected chi connectivity index (χ0v) is 17.5. The van der Waals surface area contributed by atoms with E-state index in [1.807, 2.05) is 50.2 Å². The monoisotopic (exact) mass is 416 g/mol. The van der Waals surface area contributed by atoms with Crippen molar-refractivity contribution in [1.82, 2.24) is 43.9 Å². The molecule has 11 nitrogen and oxygen atoms in total. The Balaban J connectivity index is 1.74. The van der Waals surface area contributed by atoms with E-state index in [-0.39, 0.29) is 0 Å². The summed E-state index contributed by atoms with van der Waals surface area (Å²) >= 11 is 0. The zero-order chi connectivity index (χ0) is 21.5. The topological polar surface area (TPSA) is 113 Å². The highest BCUT2D eigenvalue weighted by atomic mass is 16.5. The van der Waals surface area contributed by atoms with Gasteiger partial charge in [0.1, 0.15) is 11.8 Å². The summed E-state index contributed by atoms with van der Waals surface area (Å²) in [6.07, 6.45) is 10.5. The Morgan fingerprint density at radius 2 is 1.94 bits per heavy atom. The van der Waals surface area contributed by atoms with E-state index in [1.165, 1.54) is 6.33 Å². The van der Waals surface area contributed by atoms with Crippen molar-refractivity contribution in [2.45, 2.75) is 6.92 Å². The Kier molecular flexibility index (Phi) is 4.35. The molecule has 0 aliphatic heterocycles. The molecule has 0 spiro atoms. The SMILES string of the molecule is COc1cncnc1Nc1nc(-c2nccn2C)nn2cc(-c3ccn(C)n3)c(C)c12. The van der Waals surface area contributed by atoms with Gasteiger partial charge in [-0.2, -0.15) is 5.10 Å². The number of imidazole rings is 1. The highest BCUT2D eigenvalue weighted by Gasteiger charge is 2.20. The third-order valence-electron chi connectivity index (χ3n) is 5.03. The molecular formula is C20H20N10O. The predicted octanol–water partition coefficient (Wildman–Crippen LogP) is 2.38. The minimum absolute atomic E-state index is 0.470. The number of nitrogens with zero attached hydrogens (tertiary/aromatic N) is 9. The summed E-state index contributed by atoms with van der Waals surface area (Å²) in [7, 11) is 5.36. The summed E-state index contributed by atoms with van der Waals surface area (Å²) in [6, 6.07) is 1.97. The zero-order valence-electron chi connectivity index (χ0n) is 17.5. The Labute approximate surface area is 177 Å². The molecule has 5 aromatic heterocycles. The quantitative estimate of drug-likeness (QED) is 0.465. The second-order valence-corrected chi connectivity index (χ2v) is 7.05. The van der Waals surface area contributed by atoms with Crippen LogP contribution in [0.5, 0.6) is 5.75 Å². The molecule has 0 fully saturated rings. The molecular weight excluding hydrogens is 396 g/mol. The van der Waals surface area contributed by atoms with Gasteiger partial charge in [-0.25, -0.2) is 24.5 Å². The Bertz CT molecular complexity index is 1400. The lowest BCUT2D eigenvalue weighted by Gasteiger charge is -2.12. The van der Waals surface area contributed by atoms with Crippen molar-refractivity contribution >= 4 is 17.2 Å². The minimum Gasteiger partial charge on any atom is -0.491 e. The normalized spacial score (nSPS) is 11.2. The lowest BCUT2D eigenvalue weighted by atomic mass is 10.1. The summed E-state index contributed by atoms with van der Waals surface area (Å²) in [5.74, 6) is 2.70. The van der Waals surface area contributed by atoms with E-state index in [4.69, 9.17) is 14.8 Å². The van der Waals surface area contributed by atoms with Crippen molar-refractivity contribution in [2.24, 2.45) is 14.1 Å². The van der Waals surface area contributed by atoms with Crippen molar-refractivity contribution in [1.29, 1.82) is 0 Å². The number of fused-ring (bicyclic) bond motifs is 1.